The lowest BCUT2D eigenvalue weighted by Crippen LogP contribution is -2.30. The fourth-order valence-electron chi connectivity index (χ4n) is 2.37. The third kappa shape index (κ3) is 2.66. The standard InChI is InChI=1S/C16H21N3O/c1-10-8-9-13(16(20-4)12(10)3)15(19-17)14-7-5-6-11(2)18-14/h5-9,15,19H,17H2,1-4H3. The highest BCUT2D eigenvalue weighted by Gasteiger charge is 2.20. The van der Waals surface area contributed by atoms with Gasteiger partial charge in [-0.1, -0.05) is 18.2 Å². The highest BCUT2D eigenvalue weighted by atomic mass is 16.5. The quantitative estimate of drug-likeness (QED) is 0.663. The number of aryl methyl sites for hydroxylation is 2. The van der Waals surface area contributed by atoms with Gasteiger partial charge in [-0.25, -0.2) is 5.43 Å². The Kier molecular flexibility index (Phi) is 4.37. The second-order valence-electron chi connectivity index (χ2n) is 4.93. The topological polar surface area (TPSA) is 60.2 Å². The molecule has 0 aliphatic carbocycles. The van der Waals surface area contributed by atoms with Crippen molar-refractivity contribution in [3.8, 4) is 5.75 Å². The van der Waals surface area contributed by atoms with Gasteiger partial charge in [0.2, 0.25) is 0 Å². The summed E-state index contributed by atoms with van der Waals surface area (Å²) in [6.45, 7) is 6.08. The fraction of sp³-hybridized carbons (Fsp3) is 0.312. The first-order valence-corrected chi connectivity index (χ1v) is 6.62. The van der Waals surface area contributed by atoms with E-state index in [4.69, 9.17) is 10.6 Å². The molecule has 0 aliphatic rings. The van der Waals surface area contributed by atoms with Crippen LogP contribution in [0.3, 0.4) is 0 Å². The normalized spacial score (nSPS) is 12.2. The van der Waals surface area contributed by atoms with Gasteiger partial charge in [-0.2, -0.15) is 0 Å². The van der Waals surface area contributed by atoms with E-state index in [1.165, 1.54) is 5.56 Å². The number of hydrogen-bond donors (Lipinski definition) is 2. The summed E-state index contributed by atoms with van der Waals surface area (Å²) in [4.78, 5) is 4.55. The Morgan fingerprint density at radius 3 is 2.50 bits per heavy atom. The Hall–Kier alpha value is -1.91. The predicted octanol–water partition coefficient (Wildman–Crippen LogP) is 2.57. The smallest absolute Gasteiger partial charge is 0.127 e. The minimum absolute atomic E-state index is 0.191. The summed E-state index contributed by atoms with van der Waals surface area (Å²) in [6.07, 6.45) is 0. The summed E-state index contributed by atoms with van der Waals surface area (Å²) < 4.78 is 5.57. The molecule has 0 fully saturated rings. The lowest BCUT2D eigenvalue weighted by atomic mass is 9.97. The van der Waals surface area contributed by atoms with E-state index in [2.05, 4.69) is 30.3 Å². The molecule has 0 saturated heterocycles. The maximum absolute atomic E-state index is 5.75. The minimum Gasteiger partial charge on any atom is -0.496 e. The zero-order valence-electron chi connectivity index (χ0n) is 12.4. The Bertz CT molecular complexity index is 611. The Morgan fingerprint density at radius 2 is 1.90 bits per heavy atom. The van der Waals surface area contributed by atoms with Crippen LogP contribution in [0, 0.1) is 20.8 Å². The van der Waals surface area contributed by atoms with E-state index in [0.717, 1.165) is 28.3 Å². The van der Waals surface area contributed by atoms with Gasteiger partial charge in [-0.3, -0.25) is 10.8 Å². The molecule has 0 saturated carbocycles. The number of methoxy groups -OCH3 is 1. The van der Waals surface area contributed by atoms with Gasteiger partial charge in [0.15, 0.2) is 0 Å². The summed E-state index contributed by atoms with van der Waals surface area (Å²) in [7, 11) is 1.68. The van der Waals surface area contributed by atoms with Gasteiger partial charge < -0.3 is 4.74 Å². The summed E-state index contributed by atoms with van der Waals surface area (Å²) in [5.74, 6) is 6.61. The van der Waals surface area contributed by atoms with Crippen molar-refractivity contribution >= 4 is 0 Å². The van der Waals surface area contributed by atoms with Gasteiger partial charge in [-0.05, 0) is 44.0 Å². The molecule has 0 aliphatic heterocycles. The van der Waals surface area contributed by atoms with E-state index in [1.807, 2.05) is 31.2 Å². The van der Waals surface area contributed by atoms with Crippen LogP contribution in [0.4, 0.5) is 0 Å². The highest BCUT2D eigenvalue weighted by Crippen LogP contribution is 2.33. The number of hydrazine groups is 1. The number of benzene rings is 1. The lowest BCUT2D eigenvalue weighted by molar-refractivity contribution is 0.400. The molecule has 1 aromatic heterocycles. The van der Waals surface area contributed by atoms with Crippen molar-refractivity contribution in [1.29, 1.82) is 0 Å². The van der Waals surface area contributed by atoms with E-state index in [1.54, 1.807) is 7.11 Å². The molecule has 3 N–H and O–H groups in total. The number of aromatic nitrogens is 1. The fourth-order valence-corrected chi connectivity index (χ4v) is 2.37. The van der Waals surface area contributed by atoms with E-state index in [9.17, 15) is 0 Å². The van der Waals surface area contributed by atoms with Crippen molar-refractivity contribution < 1.29 is 4.74 Å². The Morgan fingerprint density at radius 1 is 1.15 bits per heavy atom. The maximum atomic E-state index is 5.75. The molecule has 106 valence electrons. The molecule has 0 spiro atoms. The minimum atomic E-state index is -0.191. The molecule has 0 bridgehead atoms. The number of pyridine rings is 1. The van der Waals surface area contributed by atoms with Crippen LogP contribution in [-0.2, 0) is 0 Å². The average Bonchev–Trinajstić information content (AvgIpc) is 2.44. The van der Waals surface area contributed by atoms with E-state index >= 15 is 0 Å². The molecule has 1 unspecified atom stereocenters. The number of nitrogens with two attached hydrogens (primary N) is 1. The number of ether oxygens (including phenoxy) is 1. The summed E-state index contributed by atoms with van der Waals surface area (Å²) in [5.41, 5.74) is 8.00. The summed E-state index contributed by atoms with van der Waals surface area (Å²) in [5, 5.41) is 0. The molecule has 2 aromatic rings. The van der Waals surface area contributed by atoms with Crippen molar-refractivity contribution in [2.75, 3.05) is 7.11 Å². The number of nitrogens with zero attached hydrogens (tertiary/aromatic N) is 1. The second-order valence-corrected chi connectivity index (χ2v) is 4.93. The summed E-state index contributed by atoms with van der Waals surface area (Å²) in [6, 6.07) is 9.84. The van der Waals surface area contributed by atoms with Crippen LogP contribution in [0.5, 0.6) is 5.75 Å². The monoisotopic (exact) mass is 271 g/mol. The lowest BCUT2D eigenvalue weighted by Gasteiger charge is -2.21. The third-order valence-corrected chi connectivity index (χ3v) is 3.59. The molecule has 1 atom stereocenters. The van der Waals surface area contributed by atoms with Crippen molar-refractivity contribution in [3.05, 3.63) is 58.4 Å². The van der Waals surface area contributed by atoms with Crippen LogP contribution in [0.25, 0.3) is 0 Å². The Balaban J connectivity index is 2.55. The predicted molar refractivity (Wildman–Crippen MR) is 80.6 cm³/mol. The number of hydrogen-bond acceptors (Lipinski definition) is 4. The molecular weight excluding hydrogens is 250 g/mol. The molecule has 0 amide bonds. The van der Waals surface area contributed by atoms with Crippen molar-refractivity contribution in [1.82, 2.24) is 10.4 Å². The van der Waals surface area contributed by atoms with Gasteiger partial charge in [0.25, 0.3) is 0 Å². The van der Waals surface area contributed by atoms with Crippen LogP contribution < -0.4 is 16.0 Å². The molecule has 4 nitrogen and oxygen atoms in total. The van der Waals surface area contributed by atoms with Crippen LogP contribution in [-0.4, -0.2) is 12.1 Å². The van der Waals surface area contributed by atoms with Crippen molar-refractivity contribution in [2.45, 2.75) is 26.8 Å². The van der Waals surface area contributed by atoms with Gasteiger partial charge >= 0.3 is 0 Å². The van der Waals surface area contributed by atoms with Gasteiger partial charge in [-0.15, -0.1) is 0 Å². The second kappa shape index (κ2) is 6.03. The first-order valence-electron chi connectivity index (χ1n) is 6.62. The number of rotatable bonds is 4. The van der Waals surface area contributed by atoms with E-state index in [-0.39, 0.29) is 6.04 Å². The molecule has 2 rings (SSSR count). The molecular formula is C16H21N3O. The van der Waals surface area contributed by atoms with Crippen LogP contribution in [0.15, 0.2) is 30.3 Å². The van der Waals surface area contributed by atoms with Crippen molar-refractivity contribution in [3.63, 3.8) is 0 Å². The van der Waals surface area contributed by atoms with E-state index < -0.39 is 0 Å². The molecule has 0 radical (unpaired) electrons. The van der Waals surface area contributed by atoms with Crippen LogP contribution >= 0.6 is 0 Å². The molecule has 20 heavy (non-hydrogen) atoms. The molecule has 1 aromatic carbocycles. The van der Waals surface area contributed by atoms with Gasteiger partial charge in [0.1, 0.15) is 5.75 Å². The largest absolute Gasteiger partial charge is 0.496 e. The molecule has 4 heteroatoms. The first kappa shape index (κ1) is 14.5. The van der Waals surface area contributed by atoms with Gasteiger partial charge in [0, 0.05) is 11.3 Å². The molecule has 1 heterocycles. The zero-order valence-corrected chi connectivity index (χ0v) is 12.4. The van der Waals surface area contributed by atoms with Crippen LogP contribution in [0.2, 0.25) is 0 Å². The Labute approximate surface area is 120 Å². The van der Waals surface area contributed by atoms with Crippen LogP contribution in [0.1, 0.15) is 34.1 Å². The highest BCUT2D eigenvalue weighted by molar-refractivity contribution is 5.48. The summed E-state index contributed by atoms with van der Waals surface area (Å²) >= 11 is 0. The zero-order chi connectivity index (χ0) is 14.7. The first-order chi connectivity index (χ1) is 9.58. The van der Waals surface area contributed by atoms with E-state index in [0.29, 0.717) is 0 Å². The van der Waals surface area contributed by atoms with Gasteiger partial charge in [0.05, 0.1) is 18.8 Å². The third-order valence-electron chi connectivity index (χ3n) is 3.59. The SMILES string of the molecule is COc1c(C(NN)c2cccc(C)n2)ccc(C)c1C. The average molecular weight is 271 g/mol. The number of nitrogens with one attached hydrogen (secondary N) is 1. The van der Waals surface area contributed by atoms with Crippen molar-refractivity contribution in [2.24, 2.45) is 5.84 Å². The maximum Gasteiger partial charge on any atom is 0.127 e.